The third-order valence-electron chi connectivity index (χ3n) is 3.63. The second-order valence-corrected chi connectivity index (χ2v) is 5.81. The number of benzene rings is 1. The van der Waals surface area contributed by atoms with Gasteiger partial charge in [-0.25, -0.2) is 0 Å². The lowest BCUT2D eigenvalue weighted by Crippen LogP contribution is -2.48. The molecule has 11 nitrogen and oxygen atoms in total. The molecular formula is C18H20N4O7. The highest BCUT2D eigenvalue weighted by Gasteiger charge is 2.16. The van der Waals surface area contributed by atoms with Crippen LogP contribution in [-0.4, -0.2) is 34.0 Å². The highest BCUT2D eigenvalue weighted by molar-refractivity contribution is 5.84. The van der Waals surface area contributed by atoms with Crippen molar-refractivity contribution in [2.24, 2.45) is 0 Å². The summed E-state index contributed by atoms with van der Waals surface area (Å²) in [5, 5.41) is 10.8. The van der Waals surface area contributed by atoms with Gasteiger partial charge in [-0.2, -0.15) is 0 Å². The number of carbonyl (C=O) groups excluding carboxylic acids is 2. The number of pyridine rings is 1. The average Bonchev–Trinajstić information content (AvgIpc) is 2.69. The van der Waals surface area contributed by atoms with E-state index in [0.29, 0.717) is 18.1 Å². The summed E-state index contributed by atoms with van der Waals surface area (Å²) in [7, 11) is 0. The molecule has 11 heteroatoms. The molecule has 1 atom stereocenters. The molecule has 1 aromatic carbocycles. The number of hydrogen-bond acceptors (Lipinski definition) is 7. The minimum atomic E-state index is -0.922. The highest BCUT2D eigenvalue weighted by atomic mass is 16.6. The number of hydrazine groups is 1. The lowest BCUT2D eigenvalue weighted by molar-refractivity contribution is -0.385. The van der Waals surface area contributed by atoms with Gasteiger partial charge in [0.25, 0.3) is 23.1 Å². The van der Waals surface area contributed by atoms with Crippen LogP contribution in [0.25, 0.3) is 0 Å². The topological polar surface area (TPSA) is 142 Å². The number of carbonyl (C=O) groups is 2. The van der Waals surface area contributed by atoms with Crippen molar-refractivity contribution >= 4 is 17.5 Å². The molecule has 154 valence electrons. The quantitative estimate of drug-likeness (QED) is 0.489. The summed E-state index contributed by atoms with van der Waals surface area (Å²) in [6.07, 6.45) is 0.0234. The third-order valence-corrected chi connectivity index (χ3v) is 3.63. The van der Waals surface area contributed by atoms with Gasteiger partial charge in [0.15, 0.2) is 6.10 Å². The minimum Gasteiger partial charge on any atom is -0.494 e. The third kappa shape index (κ3) is 6.34. The van der Waals surface area contributed by atoms with Crippen LogP contribution in [0.1, 0.15) is 13.8 Å². The first kappa shape index (κ1) is 21.4. The number of hydrogen-bond donors (Lipinski definition) is 2. The van der Waals surface area contributed by atoms with E-state index in [2.05, 4.69) is 10.9 Å². The Kier molecular flexibility index (Phi) is 7.29. The predicted molar refractivity (Wildman–Crippen MR) is 101 cm³/mol. The maximum atomic E-state index is 12.1. The van der Waals surface area contributed by atoms with Crippen LogP contribution in [0.4, 0.5) is 5.69 Å². The van der Waals surface area contributed by atoms with E-state index in [9.17, 15) is 24.5 Å². The number of aromatic nitrogens is 1. The number of nitrogens with one attached hydrogen (secondary N) is 2. The maximum Gasteiger partial charge on any atom is 0.285 e. The summed E-state index contributed by atoms with van der Waals surface area (Å²) in [6.45, 7) is 3.37. The number of nitro groups is 1. The predicted octanol–water partition coefficient (Wildman–Crippen LogP) is 0.770. The van der Waals surface area contributed by atoms with Crippen molar-refractivity contribution in [2.75, 3.05) is 6.61 Å². The molecule has 2 aromatic rings. The molecule has 1 heterocycles. The molecule has 0 saturated carbocycles. The van der Waals surface area contributed by atoms with Gasteiger partial charge in [-0.3, -0.25) is 39.9 Å². The Balaban J connectivity index is 1.86. The maximum absolute atomic E-state index is 12.1. The summed E-state index contributed by atoms with van der Waals surface area (Å²) in [6, 6.07) is 8.70. The van der Waals surface area contributed by atoms with Crippen LogP contribution in [0.5, 0.6) is 11.5 Å². The zero-order valence-electron chi connectivity index (χ0n) is 15.8. The molecule has 2 N–H and O–H groups in total. The van der Waals surface area contributed by atoms with E-state index < -0.39 is 34.9 Å². The van der Waals surface area contributed by atoms with Gasteiger partial charge >= 0.3 is 0 Å². The molecule has 1 unspecified atom stereocenters. The highest BCUT2D eigenvalue weighted by Crippen LogP contribution is 2.18. The fraction of sp³-hybridized carbons (Fsp3) is 0.278. The molecule has 2 amide bonds. The summed E-state index contributed by atoms with van der Waals surface area (Å²) in [4.78, 5) is 45.7. The molecule has 0 spiro atoms. The summed E-state index contributed by atoms with van der Waals surface area (Å²) >= 11 is 0. The van der Waals surface area contributed by atoms with Gasteiger partial charge in [-0.05, 0) is 38.1 Å². The van der Waals surface area contributed by atoms with Crippen molar-refractivity contribution < 1.29 is 24.0 Å². The van der Waals surface area contributed by atoms with E-state index in [1.165, 1.54) is 6.92 Å². The fourth-order valence-electron chi connectivity index (χ4n) is 2.22. The van der Waals surface area contributed by atoms with Crippen molar-refractivity contribution in [1.29, 1.82) is 0 Å². The van der Waals surface area contributed by atoms with Crippen molar-refractivity contribution in [1.82, 2.24) is 15.4 Å². The first-order valence-corrected chi connectivity index (χ1v) is 8.63. The lowest BCUT2D eigenvalue weighted by atomic mass is 10.3. The van der Waals surface area contributed by atoms with Crippen molar-refractivity contribution in [2.45, 2.75) is 26.5 Å². The molecule has 0 radical (unpaired) electrons. The molecule has 0 aliphatic heterocycles. The average molecular weight is 404 g/mol. The Labute approximate surface area is 165 Å². The molecule has 0 bridgehead atoms. The molecule has 29 heavy (non-hydrogen) atoms. The van der Waals surface area contributed by atoms with Gasteiger partial charge < -0.3 is 9.47 Å². The number of ether oxygens (including phenoxy) is 2. The van der Waals surface area contributed by atoms with Gasteiger partial charge in [0.2, 0.25) is 0 Å². The van der Waals surface area contributed by atoms with Crippen LogP contribution in [0.3, 0.4) is 0 Å². The van der Waals surface area contributed by atoms with Crippen molar-refractivity contribution in [3.05, 3.63) is 63.1 Å². The minimum absolute atomic E-state index is 0.334. The van der Waals surface area contributed by atoms with Gasteiger partial charge in [0, 0.05) is 12.1 Å². The van der Waals surface area contributed by atoms with Gasteiger partial charge in [0.1, 0.15) is 18.0 Å². The summed E-state index contributed by atoms with van der Waals surface area (Å²) < 4.78 is 11.6. The van der Waals surface area contributed by atoms with Crippen LogP contribution in [0, 0.1) is 10.1 Å². The Morgan fingerprint density at radius 1 is 1.14 bits per heavy atom. The van der Waals surface area contributed by atoms with E-state index in [0.717, 1.165) is 22.9 Å². The Hall–Kier alpha value is -3.89. The lowest BCUT2D eigenvalue weighted by Gasteiger charge is -2.15. The summed E-state index contributed by atoms with van der Waals surface area (Å²) in [5.74, 6) is -0.265. The standard InChI is InChI=1S/C18H20N4O7/c1-3-28-14-5-7-15(8-6-14)29-12(2)18(25)20-19-16(23)11-21-10-13(22(26)27)4-9-17(21)24/h4-10,12H,3,11H2,1-2H3,(H,19,23)(H,20,25). The molecule has 0 aliphatic rings. The van der Waals surface area contributed by atoms with Crippen LogP contribution in [0.2, 0.25) is 0 Å². The monoisotopic (exact) mass is 404 g/mol. The first-order chi connectivity index (χ1) is 13.8. The molecule has 0 fully saturated rings. The SMILES string of the molecule is CCOc1ccc(OC(C)C(=O)NNC(=O)Cn2cc([N+](=O)[O-])ccc2=O)cc1. The van der Waals surface area contributed by atoms with Crippen LogP contribution in [0.15, 0.2) is 47.4 Å². The second kappa shape index (κ2) is 9.88. The zero-order valence-corrected chi connectivity index (χ0v) is 15.8. The van der Waals surface area contributed by atoms with Gasteiger partial charge in [0.05, 0.1) is 17.7 Å². The van der Waals surface area contributed by atoms with E-state index in [-0.39, 0.29) is 5.69 Å². The zero-order chi connectivity index (χ0) is 21.4. The largest absolute Gasteiger partial charge is 0.494 e. The molecule has 0 saturated heterocycles. The first-order valence-electron chi connectivity index (χ1n) is 8.63. The molecule has 1 aromatic heterocycles. The van der Waals surface area contributed by atoms with Crippen LogP contribution in [-0.2, 0) is 16.1 Å². The van der Waals surface area contributed by atoms with Gasteiger partial charge in [-0.1, -0.05) is 0 Å². The fourth-order valence-corrected chi connectivity index (χ4v) is 2.22. The van der Waals surface area contributed by atoms with Crippen molar-refractivity contribution in [3.63, 3.8) is 0 Å². The normalized spacial score (nSPS) is 11.2. The Morgan fingerprint density at radius 2 is 1.79 bits per heavy atom. The van der Waals surface area contributed by atoms with Crippen LogP contribution >= 0.6 is 0 Å². The molecule has 0 aliphatic carbocycles. The smallest absolute Gasteiger partial charge is 0.285 e. The van der Waals surface area contributed by atoms with Crippen LogP contribution < -0.4 is 25.9 Å². The number of nitrogens with zero attached hydrogens (tertiary/aromatic N) is 2. The van der Waals surface area contributed by atoms with Crippen molar-refractivity contribution in [3.8, 4) is 11.5 Å². The van der Waals surface area contributed by atoms with E-state index in [1.54, 1.807) is 24.3 Å². The summed E-state index contributed by atoms with van der Waals surface area (Å²) in [5.41, 5.74) is 3.38. The molecule has 2 rings (SSSR count). The van der Waals surface area contributed by atoms with E-state index in [4.69, 9.17) is 9.47 Å². The molecular weight excluding hydrogens is 384 g/mol. The Bertz CT molecular complexity index is 940. The number of rotatable bonds is 8. The van der Waals surface area contributed by atoms with E-state index in [1.807, 2.05) is 6.92 Å². The Morgan fingerprint density at radius 3 is 2.41 bits per heavy atom. The van der Waals surface area contributed by atoms with E-state index >= 15 is 0 Å². The number of amides is 2. The van der Waals surface area contributed by atoms with Gasteiger partial charge in [-0.15, -0.1) is 0 Å². The second-order valence-electron chi connectivity index (χ2n) is 5.81.